The van der Waals surface area contributed by atoms with Crippen LogP contribution < -0.4 is 5.32 Å². The molecule has 0 bridgehead atoms. The molecule has 0 saturated heterocycles. The van der Waals surface area contributed by atoms with Gasteiger partial charge in [0.1, 0.15) is 0 Å². The van der Waals surface area contributed by atoms with Gasteiger partial charge in [-0.3, -0.25) is 4.79 Å². The van der Waals surface area contributed by atoms with E-state index in [4.69, 9.17) is 16.3 Å². The Kier molecular flexibility index (Phi) is 4.98. The molecule has 0 aliphatic carbocycles. The summed E-state index contributed by atoms with van der Waals surface area (Å²) in [4.78, 5) is 11.9. The number of methoxy groups -OCH3 is 1. The number of benzene rings is 1. The highest BCUT2D eigenvalue weighted by Crippen LogP contribution is 2.21. The summed E-state index contributed by atoms with van der Waals surface area (Å²) in [6.07, 6.45) is 0. The highest BCUT2D eigenvalue weighted by molar-refractivity contribution is 9.10. The summed E-state index contributed by atoms with van der Waals surface area (Å²) in [6.45, 7) is 4.26. The van der Waals surface area contributed by atoms with Gasteiger partial charge in [0, 0.05) is 23.1 Å². The number of halogens is 2. The van der Waals surface area contributed by atoms with Crippen molar-refractivity contribution in [3.8, 4) is 0 Å². The van der Waals surface area contributed by atoms with Crippen molar-refractivity contribution in [2.45, 2.75) is 19.4 Å². The van der Waals surface area contributed by atoms with E-state index >= 15 is 0 Å². The third-order valence-corrected chi connectivity index (χ3v) is 3.29. The van der Waals surface area contributed by atoms with E-state index < -0.39 is 0 Å². The molecule has 0 radical (unpaired) electrons. The second-order valence-corrected chi connectivity index (χ2v) is 5.56. The van der Waals surface area contributed by atoms with Gasteiger partial charge in [-0.25, -0.2) is 0 Å². The molecule has 1 N–H and O–H groups in total. The molecule has 17 heavy (non-hydrogen) atoms. The van der Waals surface area contributed by atoms with E-state index in [1.165, 1.54) is 0 Å². The second-order valence-electron chi connectivity index (χ2n) is 4.27. The highest BCUT2D eigenvalue weighted by atomic mass is 79.9. The largest absolute Gasteiger partial charge is 0.377 e. The molecule has 1 rings (SSSR count). The fourth-order valence-corrected chi connectivity index (χ4v) is 2.00. The molecule has 0 saturated carbocycles. The third-order valence-electron chi connectivity index (χ3n) is 2.40. The Hall–Kier alpha value is -0.580. The molecule has 0 fully saturated rings. The number of hydrogen-bond acceptors (Lipinski definition) is 2. The first-order chi connectivity index (χ1) is 7.85. The maximum absolute atomic E-state index is 11.9. The SMILES string of the molecule is COC(C)(C)CNC(=O)c1ccc(Cl)cc1Br. The first-order valence-corrected chi connectivity index (χ1v) is 6.31. The lowest BCUT2D eigenvalue weighted by molar-refractivity contribution is 0.0228. The van der Waals surface area contributed by atoms with Gasteiger partial charge in [-0.05, 0) is 48.0 Å². The Balaban J connectivity index is 2.71. The minimum atomic E-state index is -0.380. The van der Waals surface area contributed by atoms with Crippen LogP contribution in [0.5, 0.6) is 0 Å². The molecule has 5 heteroatoms. The lowest BCUT2D eigenvalue weighted by Gasteiger charge is -2.23. The number of nitrogens with one attached hydrogen (secondary N) is 1. The minimum absolute atomic E-state index is 0.154. The molecule has 0 heterocycles. The number of amides is 1. The number of hydrogen-bond donors (Lipinski definition) is 1. The molecule has 0 spiro atoms. The predicted octanol–water partition coefficient (Wildman–Crippen LogP) is 3.26. The Labute approximate surface area is 115 Å². The predicted molar refractivity (Wildman–Crippen MR) is 72.6 cm³/mol. The lowest BCUT2D eigenvalue weighted by atomic mass is 10.1. The fraction of sp³-hybridized carbons (Fsp3) is 0.417. The van der Waals surface area contributed by atoms with Crippen LogP contribution in [0.4, 0.5) is 0 Å². The summed E-state index contributed by atoms with van der Waals surface area (Å²) in [5.41, 5.74) is 0.176. The van der Waals surface area contributed by atoms with Gasteiger partial charge in [0.15, 0.2) is 0 Å². The molecule has 0 aromatic heterocycles. The van der Waals surface area contributed by atoms with Crippen LogP contribution in [0.15, 0.2) is 22.7 Å². The molecule has 0 unspecified atom stereocenters. The van der Waals surface area contributed by atoms with Gasteiger partial charge >= 0.3 is 0 Å². The molecule has 1 aromatic carbocycles. The average Bonchev–Trinajstić information content (AvgIpc) is 2.26. The van der Waals surface area contributed by atoms with Gasteiger partial charge in [0.05, 0.1) is 11.2 Å². The van der Waals surface area contributed by atoms with Crippen LogP contribution in [0.1, 0.15) is 24.2 Å². The zero-order valence-corrected chi connectivity index (χ0v) is 12.4. The van der Waals surface area contributed by atoms with Gasteiger partial charge in [0.25, 0.3) is 5.91 Å². The summed E-state index contributed by atoms with van der Waals surface area (Å²) in [6, 6.07) is 5.06. The van der Waals surface area contributed by atoms with Gasteiger partial charge in [-0.2, -0.15) is 0 Å². The van der Waals surface area contributed by atoms with Crippen molar-refractivity contribution in [3.05, 3.63) is 33.3 Å². The number of rotatable bonds is 4. The summed E-state index contributed by atoms with van der Waals surface area (Å²) >= 11 is 9.12. The molecule has 1 aromatic rings. The van der Waals surface area contributed by atoms with Crippen LogP contribution >= 0.6 is 27.5 Å². The van der Waals surface area contributed by atoms with Crippen molar-refractivity contribution in [2.75, 3.05) is 13.7 Å². The van der Waals surface area contributed by atoms with Crippen molar-refractivity contribution in [1.82, 2.24) is 5.32 Å². The van der Waals surface area contributed by atoms with Crippen molar-refractivity contribution < 1.29 is 9.53 Å². The second kappa shape index (κ2) is 5.85. The van der Waals surface area contributed by atoms with E-state index in [0.29, 0.717) is 21.6 Å². The number of carbonyl (C=O) groups is 1. The monoisotopic (exact) mass is 319 g/mol. The quantitative estimate of drug-likeness (QED) is 0.925. The van der Waals surface area contributed by atoms with E-state index in [0.717, 1.165) is 0 Å². The standard InChI is InChI=1S/C12H15BrClNO2/c1-12(2,17-3)7-15-11(16)9-5-4-8(14)6-10(9)13/h4-6H,7H2,1-3H3,(H,15,16). The first-order valence-electron chi connectivity index (χ1n) is 5.14. The molecule has 1 amide bonds. The summed E-state index contributed by atoms with van der Waals surface area (Å²) < 4.78 is 5.90. The lowest BCUT2D eigenvalue weighted by Crippen LogP contribution is -2.39. The van der Waals surface area contributed by atoms with Crippen LogP contribution in [-0.2, 0) is 4.74 Å². The van der Waals surface area contributed by atoms with Crippen molar-refractivity contribution in [3.63, 3.8) is 0 Å². The van der Waals surface area contributed by atoms with Gasteiger partial charge in [-0.1, -0.05) is 11.6 Å². The summed E-state index contributed by atoms with van der Waals surface area (Å²) in [5, 5.41) is 3.40. The minimum Gasteiger partial charge on any atom is -0.377 e. The zero-order valence-electron chi connectivity index (χ0n) is 10.0. The maximum Gasteiger partial charge on any atom is 0.252 e. The van der Waals surface area contributed by atoms with Crippen molar-refractivity contribution in [1.29, 1.82) is 0 Å². The molecule has 0 aliphatic rings. The normalized spacial score (nSPS) is 11.4. The van der Waals surface area contributed by atoms with Crippen LogP contribution in [-0.4, -0.2) is 25.2 Å². The highest BCUT2D eigenvalue weighted by Gasteiger charge is 2.18. The third kappa shape index (κ3) is 4.30. The topological polar surface area (TPSA) is 38.3 Å². The van der Waals surface area contributed by atoms with Crippen LogP contribution in [0.2, 0.25) is 5.02 Å². The van der Waals surface area contributed by atoms with E-state index in [-0.39, 0.29) is 11.5 Å². The maximum atomic E-state index is 11.9. The van der Waals surface area contributed by atoms with Crippen molar-refractivity contribution >= 4 is 33.4 Å². The van der Waals surface area contributed by atoms with Gasteiger partial charge in [0.2, 0.25) is 0 Å². The molecule has 94 valence electrons. The zero-order chi connectivity index (χ0) is 13.1. The smallest absolute Gasteiger partial charge is 0.252 e. The molecule has 3 nitrogen and oxygen atoms in total. The van der Waals surface area contributed by atoms with E-state index in [9.17, 15) is 4.79 Å². The van der Waals surface area contributed by atoms with Crippen LogP contribution in [0.25, 0.3) is 0 Å². The fourth-order valence-electron chi connectivity index (χ4n) is 1.13. The van der Waals surface area contributed by atoms with E-state index in [1.54, 1.807) is 25.3 Å². The molecule has 0 aliphatic heterocycles. The Morgan fingerprint density at radius 3 is 2.71 bits per heavy atom. The summed E-state index contributed by atoms with van der Waals surface area (Å²) in [5.74, 6) is -0.154. The van der Waals surface area contributed by atoms with Gasteiger partial charge in [-0.15, -0.1) is 0 Å². The number of carbonyl (C=O) groups excluding carboxylic acids is 1. The average molecular weight is 321 g/mol. The van der Waals surface area contributed by atoms with Crippen LogP contribution in [0.3, 0.4) is 0 Å². The van der Waals surface area contributed by atoms with Crippen molar-refractivity contribution in [2.24, 2.45) is 0 Å². The first kappa shape index (κ1) is 14.5. The van der Waals surface area contributed by atoms with Crippen LogP contribution in [0, 0.1) is 0 Å². The number of ether oxygens (including phenoxy) is 1. The Bertz CT molecular complexity index is 421. The Morgan fingerprint density at radius 1 is 1.53 bits per heavy atom. The molecule has 0 atom stereocenters. The van der Waals surface area contributed by atoms with Gasteiger partial charge < -0.3 is 10.1 Å². The summed E-state index contributed by atoms with van der Waals surface area (Å²) in [7, 11) is 1.62. The van der Waals surface area contributed by atoms with E-state index in [1.807, 2.05) is 13.8 Å². The molecular weight excluding hydrogens is 305 g/mol. The molecular formula is C12H15BrClNO2. The Morgan fingerprint density at radius 2 is 2.18 bits per heavy atom. The van der Waals surface area contributed by atoms with E-state index in [2.05, 4.69) is 21.2 Å².